The molecule has 0 amide bonds. The number of hydrogen-bond donors (Lipinski definition) is 2. The molecule has 0 bridgehead atoms. The molecule has 2 N–H and O–H groups in total. The van der Waals surface area contributed by atoms with Crippen LogP contribution in [0.15, 0.2) is 0 Å². The molecule has 5 heteroatoms. The van der Waals surface area contributed by atoms with Crippen molar-refractivity contribution >= 4 is 5.97 Å². The van der Waals surface area contributed by atoms with E-state index in [1.54, 1.807) is 0 Å². The van der Waals surface area contributed by atoms with Crippen LogP contribution in [0.5, 0.6) is 0 Å². The standard InChI is InChI=1S/C15H28N2O3/c1-11-13(7-10-20-11)17(3)9-4-8-15(2,14(18)19)16-12-5-6-12/h11-13,16H,4-10H2,1-3H3,(H,18,19). The molecule has 5 nitrogen and oxygen atoms in total. The van der Waals surface area contributed by atoms with Gasteiger partial charge in [0.05, 0.1) is 6.10 Å². The van der Waals surface area contributed by atoms with Crippen molar-refractivity contribution in [3.63, 3.8) is 0 Å². The molecule has 0 radical (unpaired) electrons. The van der Waals surface area contributed by atoms with Crippen molar-refractivity contribution in [2.24, 2.45) is 0 Å². The Bertz CT molecular complexity index is 346. The molecular weight excluding hydrogens is 256 g/mol. The van der Waals surface area contributed by atoms with Crippen LogP contribution in [0.3, 0.4) is 0 Å². The van der Waals surface area contributed by atoms with Crippen LogP contribution >= 0.6 is 0 Å². The van der Waals surface area contributed by atoms with Crippen LogP contribution in [-0.4, -0.2) is 59.9 Å². The number of carbonyl (C=O) groups is 1. The van der Waals surface area contributed by atoms with Gasteiger partial charge >= 0.3 is 5.97 Å². The van der Waals surface area contributed by atoms with E-state index in [9.17, 15) is 9.90 Å². The Balaban J connectivity index is 1.76. The summed E-state index contributed by atoms with van der Waals surface area (Å²) in [6, 6.07) is 0.888. The lowest BCUT2D eigenvalue weighted by atomic mass is 9.95. The fourth-order valence-corrected chi connectivity index (χ4v) is 3.07. The molecule has 0 spiro atoms. The minimum absolute atomic E-state index is 0.287. The Morgan fingerprint density at radius 2 is 2.15 bits per heavy atom. The second-order valence-corrected chi connectivity index (χ2v) is 6.57. The third-order valence-electron chi connectivity index (χ3n) is 4.66. The van der Waals surface area contributed by atoms with Gasteiger partial charge in [0.15, 0.2) is 0 Å². The van der Waals surface area contributed by atoms with E-state index >= 15 is 0 Å². The van der Waals surface area contributed by atoms with E-state index in [2.05, 4.69) is 24.2 Å². The second-order valence-electron chi connectivity index (χ2n) is 6.57. The van der Waals surface area contributed by atoms with Gasteiger partial charge in [-0.15, -0.1) is 0 Å². The fourth-order valence-electron chi connectivity index (χ4n) is 3.07. The predicted octanol–water partition coefficient (Wildman–Crippen LogP) is 1.47. The first-order valence-corrected chi connectivity index (χ1v) is 7.75. The molecule has 2 rings (SSSR count). The molecule has 2 aliphatic rings. The third-order valence-corrected chi connectivity index (χ3v) is 4.66. The number of rotatable bonds is 8. The van der Waals surface area contributed by atoms with E-state index in [4.69, 9.17) is 4.74 Å². The molecule has 1 heterocycles. The van der Waals surface area contributed by atoms with Gasteiger partial charge < -0.3 is 14.7 Å². The molecule has 116 valence electrons. The summed E-state index contributed by atoms with van der Waals surface area (Å²) < 4.78 is 5.58. The first-order chi connectivity index (χ1) is 9.42. The maximum atomic E-state index is 11.5. The van der Waals surface area contributed by atoms with E-state index in [0.717, 1.165) is 38.8 Å². The fraction of sp³-hybridized carbons (Fsp3) is 0.933. The van der Waals surface area contributed by atoms with Crippen molar-refractivity contribution in [3.05, 3.63) is 0 Å². The Kier molecular flexibility index (Phi) is 5.04. The molecule has 20 heavy (non-hydrogen) atoms. The van der Waals surface area contributed by atoms with Crippen molar-refractivity contribution < 1.29 is 14.6 Å². The van der Waals surface area contributed by atoms with Gasteiger partial charge in [0.1, 0.15) is 5.54 Å². The highest BCUT2D eigenvalue weighted by Gasteiger charge is 2.38. The van der Waals surface area contributed by atoms with Crippen LogP contribution in [0.1, 0.15) is 46.0 Å². The number of aliphatic carboxylic acids is 1. The van der Waals surface area contributed by atoms with Gasteiger partial charge in [-0.05, 0) is 59.5 Å². The molecule has 0 aromatic rings. The lowest BCUT2D eigenvalue weighted by molar-refractivity contribution is -0.144. The quantitative estimate of drug-likeness (QED) is 0.707. The normalized spacial score (nSPS) is 29.6. The summed E-state index contributed by atoms with van der Waals surface area (Å²) in [5.41, 5.74) is -0.778. The zero-order valence-corrected chi connectivity index (χ0v) is 12.9. The van der Waals surface area contributed by atoms with E-state index in [1.807, 2.05) is 6.92 Å². The molecule has 1 saturated heterocycles. The molecule has 1 aliphatic heterocycles. The van der Waals surface area contributed by atoms with Crippen LogP contribution < -0.4 is 5.32 Å². The van der Waals surface area contributed by atoms with Crippen LogP contribution in [0, 0.1) is 0 Å². The molecular formula is C15H28N2O3. The Labute approximate surface area is 121 Å². The van der Waals surface area contributed by atoms with Crippen LogP contribution in [-0.2, 0) is 9.53 Å². The van der Waals surface area contributed by atoms with Crippen molar-refractivity contribution in [2.75, 3.05) is 20.2 Å². The molecule has 0 aromatic carbocycles. The van der Waals surface area contributed by atoms with Crippen LogP contribution in [0.2, 0.25) is 0 Å². The monoisotopic (exact) mass is 284 g/mol. The van der Waals surface area contributed by atoms with E-state index in [1.165, 1.54) is 0 Å². The summed E-state index contributed by atoms with van der Waals surface area (Å²) in [6.45, 7) is 5.69. The number of likely N-dealkylation sites (N-methyl/N-ethyl adjacent to an activating group) is 1. The van der Waals surface area contributed by atoms with Crippen molar-refractivity contribution in [2.45, 2.75) is 69.7 Å². The third kappa shape index (κ3) is 3.93. The zero-order valence-electron chi connectivity index (χ0n) is 12.9. The summed E-state index contributed by atoms with van der Waals surface area (Å²) in [7, 11) is 2.11. The number of ether oxygens (including phenoxy) is 1. The van der Waals surface area contributed by atoms with Crippen molar-refractivity contribution in [1.82, 2.24) is 10.2 Å². The largest absolute Gasteiger partial charge is 0.480 e. The van der Waals surface area contributed by atoms with E-state index in [-0.39, 0.29) is 6.10 Å². The zero-order chi connectivity index (χ0) is 14.8. The average molecular weight is 284 g/mol. The molecule has 3 unspecified atom stereocenters. The minimum atomic E-state index is -0.778. The maximum absolute atomic E-state index is 11.5. The molecule has 1 saturated carbocycles. The maximum Gasteiger partial charge on any atom is 0.323 e. The molecule has 0 aromatic heterocycles. The van der Waals surface area contributed by atoms with Gasteiger partial charge in [-0.2, -0.15) is 0 Å². The van der Waals surface area contributed by atoms with Gasteiger partial charge in [-0.25, -0.2) is 0 Å². The highest BCUT2D eigenvalue weighted by Crippen LogP contribution is 2.25. The average Bonchev–Trinajstić information content (AvgIpc) is 3.07. The first kappa shape index (κ1) is 15.7. The topological polar surface area (TPSA) is 61.8 Å². The Hall–Kier alpha value is -0.650. The van der Waals surface area contributed by atoms with Crippen molar-refractivity contribution in [1.29, 1.82) is 0 Å². The predicted molar refractivity (Wildman–Crippen MR) is 77.9 cm³/mol. The van der Waals surface area contributed by atoms with Crippen molar-refractivity contribution in [3.8, 4) is 0 Å². The molecule has 3 atom stereocenters. The van der Waals surface area contributed by atoms with Gasteiger partial charge in [0.25, 0.3) is 0 Å². The highest BCUT2D eigenvalue weighted by atomic mass is 16.5. The van der Waals surface area contributed by atoms with Gasteiger partial charge in [-0.1, -0.05) is 0 Å². The number of nitrogens with zero attached hydrogens (tertiary/aromatic N) is 1. The van der Waals surface area contributed by atoms with Gasteiger partial charge in [0.2, 0.25) is 0 Å². The minimum Gasteiger partial charge on any atom is -0.480 e. The highest BCUT2D eigenvalue weighted by molar-refractivity contribution is 5.78. The SMILES string of the molecule is CC1OCCC1N(C)CCCC(C)(NC1CC1)C(=O)O. The summed E-state index contributed by atoms with van der Waals surface area (Å²) in [5.74, 6) is -0.732. The number of carboxylic acid groups (broad SMARTS) is 1. The van der Waals surface area contributed by atoms with Gasteiger partial charge in [0, 0.05) is 18.7 Å². The first-order valence-electron chi connectivity index (χ1n) is 7.75. The Morgan fingerprint density at radius 1 is 1.45 bits per heavy atom. The lowest BCUT2D eigenvalue weighted by Gasteiger charge is -2.30. The summed E-state index contributed by atoms with van der Waals surface area (Å²) in [5, 5.41) is 12.7. The second kappa shape index (κ2) is 6.41. The molecule has 1 aliphatic carbocycles. The van der Waals surface area contributed by atoms with E-state index < -0.39 is 11.5 Å². The summed E-state index contributed by atoms with van der Waals surface area (Å²) >= 11 is 0. The van der Waals surface area contributed by atoms with E-state index in [0.29, 0.717) is 18.5 Å². The van der Waals surface area contributed by atoms with Crippen LogP contribution in [0.25, 0.3) is 0 Å². The Morgan fingerprint density at radius 3 is 2.65 bits per heavy atom. The lowest BCUT2D eigenvalue weighted by Crippen LogP contribution is -2.51. The number of nitrogens with one attached hydrogen (secondary N) is 1. The number of carboxylic acids is 1. The number of hydrogen-bond acceptors (Lipinski definition) is 4. The van der Waals surface area contributed by atoms with Gasteiger partial charge in [-0.3, -0.25) is 10.1 Å². The summed E-state index contributed by atoms with van der Waals surface area (Å²) in [6.07, 6.45) is 5.15. The molecule has 2 fully saturated rings. The van der Waals surface area contributed by atoms with Crippen LogP contribution in [0.4, 0.5) is 0 Å². The summed E-state index contributed by atoms with van der Waals surface area (Å²) in [4.78, 5) is 13.8. The smallest absolute Gasteiger partial charge is 0.323 e.